The second-order valence-corrected chi connectivity index (χ2v) is 3.44. The topological polar surface area (TPSA) is 12.0 Å². The summed E-state index contributed by atoms with van der Waals surface area (Å²) in [7, 11) is 0. The summed E-state index contributed by atoms with van der Waals surface area (Å²) in [5.74, 6) is 0.176. The van der Waals surface area contributed by atoms with E-state index in [1.165, 1.54) is 0 Å². The van der Waals surface area contributed by atoms with Gasteiger partial charge >= 0.3 is 0 Å². The van der Waals surface area contributed by atoms with Crippen LogP contribution in [0.15, 0.2) is 0 Å². The highest BCUT2D eigenvalue weighted by molar-refractivity contribution is 4.87. The Morgan fingerprint density at radius 2 is 1.80 bits per heavy atom. The zero-order valence-electron chi connectivity index (χ0n) is 6.78. The number of piperidine rings is 1. The molecule has 1 aliphatic rings. The summed E-state index contributed by atoms with van der Waals surface area (Å²) < 4.78 is 13.7. The summed E-state index contributed by atoms with van der Waals surface area (Å²) in [5, 5.41) is 3.15. The molecule has 0 aliphatic carbocycles. The number of alkyl halides is 1. The number of halogens is 1. The minimum atomic E-state index is -0.884. The lowest BCUT2D eigenvalue weighted by molar-refractivity contribution is 0.0626. The van der Waals surface area contributed by atoms with E-state index in [1.807, 2.05) is 13.8 Å². The first-order valence-electron chi connectivity index (χ1n) is 4.05. The van der Waals surface area contributed by atoms with Gasteiger partial charge in [-0.15, -0.1) is 0 Å². The molecule has 0 aromatic rings. The molecule has 60 valence electrons. The van der Waals surface area contributed by atoms with Crippen LogP contribution >= 0.6 is 0 Å². The van der Waals surface area contributed by atoms with Crippen LogP contribution in [0.25, 0.3) is 0 Å². The number of nitrogens with one attached hydrogen (secondary N) is 1. The summed E-state index contributed by atoms with van der Waals surface area (Å²) in [6.45, 7) is 5.61. The van der Waals surface area contributed by atoms with Crippen LogP contribution in [-0.2, 0) is 0 Å². The third kappa shape index (κ3) is 1.48. The van der Waals surface area contributed by atoms with Crippen LogP contribution in [0.5, 0.6) is 0 Å². The van der Waals surface area contributed by atoms with Gasteiger partial charge in [0, 0.05) is 0 Å². The number of rotatable bonds is 1. The quantitative estimate of drug-likeness (QED) is 0.592. The zero-order chi connectivity index (χ0) is 7.61. The van der Waals surface area contributed by atoms with Crippen LogP contribution in [0, 0.1) is 5.92 Å². The maximum Gasteiger partial charge on any atom is 0.115 e. The highest BCUT2D eigenvalue weighted by Gasteiger charge is 2.34. The molecule has 0 aromatic heterocycles. The lowest BCUT2D eigenvalue weighted by atomic mass is 9.84. The molecule has 0 unspecified atom stereocenters. The van der Waals surface area contributed by atoms with Gasteiger partial charge in [-0.05, 0) is 31.8 Å². The van der Waals surface area contributed by atoms with Gasteiger partial charge in [0.2, 0.25) is 0 Å². The molecule has 2 heteroatoms. The molecule has 1 aliphatic heterocycles. The molecule has 0 saturated carbocycles. The van der Waals surface area contributed by atoms with Crippen LogP contribution in [0.4, 0.5) is 4.39 Å². The van der Waals surface area contributed by atoms with Gasteiger partial charge in [-0.2, -0.15) is 0 Å². The fourth-order valence-electron chi connectivity index (χ4n) is 1.42. The second-order valence-electron chi connectivity index (χ2n) is 3.44. The third-order valence-corrected chi connectivity index (χ3v) is 2.47. The van der Waals surface area contributed by atoms with E-state index in [4.69, 9.17) is 0 Å². The van der Waals surface area contributed by atoms with Crippen molar-refractivity contribution in [1.29, 1.82) is 0 Å². The van der Waals surface area contributed by atoms with E-state index in [0.717, 1.165) is 13.1 Å². The molecular weight excluding hydrogens is 129 g/mol. The van der Waals surface area contributed by atoms with Crippen molar-refractivity contribution in [2.75, 3.05) is 13.1 Å². The summed E-state index contributed by atoms with van der Waals surface area (Å²) in [5.41, 5.74) is -0.884. The number of hydrogen-bond donors (Lipinski definition) is 1. The zero-order valence-corrected chi connectivity index (χ0v) is 6.78. The van der Waals surface area contributed by atoms with Gasteiger partial charge in [0.1, 0.15) is 5.67 Å². The minimum Gasteiger partial charge on any atom is -0.316 e. The van der Waals surface area contributed by atoms with Crippen LogP contribution in [0.2, 0.25) is 0 Å². The largest absolute Gasteiger partial charge is 0.316 e. The smallest absolute Gasteiger partial charge is 0.115 e. The average molecular weight is 145 g/mol. The van der Waals surface area contributed by atoms with Crippen molar-refractivity contribution in [2.45, 2.75) is 32.4 Å². The fourth-order valence-corrected chi connectivity index (χ4v) is 1.42. The standard InChI is InChI=1S/C8H16FN/c1-7(2)8(9)3-5-10-6-4-8/h7,10H,3-6H2,1-2H3. The fraction of sp³-hybridized carbons (Fsp3) is 1.00. The molecule has 1 fully saturated rings. The van der Waals surface area contributed by atoms with E-state index in [9.17, 15) is 4.39 Å². The average Bonchev–Trinajstić information content (AvgIpc) is 1.89. The molecule has 0 amide bonds. The summed E-state index contributed by atoms with van der Waals surface area (Å²) in [6.07, 6.45) is 1.37. The molecular formula is C8H16FN. The van der Waals surface area contributed by atoms with E-state index in [2.05, 4.69) is 5.32 Å². The second kappa shape index (κ2) is 2.87. The SMILES string of the molecule is CC(C)C1(F)CCNCC1. The van der Waals surface area contributed by atoms with E-state index in [0.29, 0.717) is 12.8 Å². The maximum absolute atomic E-state index is 13.7. The monoisotopic (exact) mass is 145 g/mol. The minimum absolute atomic E-state index is 0.176. The number of hydrogen-bond acceptors (Lipinski definition) is 1. The third-order valence-electron chi connectivity index (χ3n) is 2.47. The molecule has 10 heavy (non-hydrogen) atoms. The molecule has 0 bridgehead atoms. The molecule has 0 spiro atoms. The highest BCUT2D eigenvalue weighted by Crippen LogP contribution is 2.30. The highest BCUT2D eigenvalue weighted by atomic mass is 19.1. The van der Waals surface area contributed by atoms with Crippen molar-refractivity contribution >= 4 is 0 Å². The van der Waals surface area contributed by atoms with Gasteiger partial charge in [-0.1, -0.05) is 13.8 Å². The molecule has 0 atom stereocenters. The molecule has 1 heterocycles. The lowest BCUT2D eigenvalue weighted by Gasteiger charge is -2.33. The van der Waals surface area contributed by atoms with Gasteiger partial charge in [0.25, 0.3) is 0 Å². The Hall–Kier alpha value is -0.110. The molecule has 1 nitrogen and oxygen atoms in total. The summed E-state index contributed by atoms with van der Waals surface area (Å²) in [4.78, 5) is 0. The van der Waals surface area contributed by atoms with Crippen molar-refractivity contribution in [3.05, 3.63) is 0 Å². The molecule has 0 radical (unpaired) electrons. The Balaban J connectivity index is 2.48. The van der Waals surface area contributed by atoms with Crippen molar-refractivity contribution in [2.24, 2.45) is 5.92 Å². The predicted molar refractivity (Wildman–Crippen MR) is 40.8 cm³/mol. The van der Waals surface area contributed by atoms with E-state index in [1.54, 1.807) is 0 Å². The van der Waals surface area contributed by atoms with Gasteiger partial charge in [-0.3, -0.25) is 0 Å². The summed E-state index contributed by atoms with van der Waals surface area (Å²) in [6, 6.07) is 0. The molecule has 1 N–H and O–H groups in total. The van der Waals surface area contributed by atoms with Crippen molar-refractivity contribution < 1.29 is 4.39 Å². The van der Waals surface area contributed by atoms with Gasteiger partial charge < -0.3 is 5.32 Å². The van der Waals surface area contributed by atoms with Gasteiger partial charge in [0.15, 0.2) is 0 Å². The van der Waals surface area contributed by atoms with Crippen LogP contribution in [0.1, 0.15) is 26.7 Å². The normalized spacial score (nSPS) is 25.2. The van der Waals surface area contributed by atoms with E-state index in [-0.39, 0.29) is 5.92 Å². The Morgan fingerprint density at radius 3 is 2.10 bits per heavy atom. The van der Waals surface area contributed by atoms with Crippen LogP contribution < -0.4 is 5.32 Å². The van der Waals surface area contributed by atoms with E-state index >= 15 is 0 Å². The Kier molecular flexibility index (Phi) is 2.29. The first-order chi connectivity index (χ1) is 4.65. The van der Waals surface area contributed by atoms with Crippen molar-refractivity contribution in [1.82, 2.24) is 5.32 Å². The maximum atomic E-state index is 13.7. The first-order valence-corrected chi connectivity index (χ1v) is 4.05. The van der Waals surface area contributed by atoms with Crippen molar-refractivity contribution in [3.63, 3.8) is 0 Å². The lowest BCUT2D eigenvalue weighted by Crippen LogP contribution is -2.42. The van der Waals surface area contributed by atoms with Gasteiger partial charge in [-0.25, -0.2) is 4.39 Å². The Labute approximate surface area is 62.0 Å². The first kappa shape index (κ1) is 7.99. The molecule has 1 rings (SSSR count). The summed E-state index contributed by atoms with van der Waals surface area (Å²) >= 11 is 0. The van der Waals surface area contributed by atoms with Crippen molar-refractivity contribution in [3.8, 4) is 0 Å². The Morgan fingerprint density at radius 1 is 1.30 bits per heavy atom. The van der Waals surface area contributed by atoms with Gasteiger partial charge in [0.05, 0.1) is 0 Å². The van der Waals surface area contributed by atoms with E-state index < -0.39 is 5.67 Å². The van der Waals surface area contributed by atoms with Crippen LogP contribution in [0.3, 0.4) is 0 Å². The Bertz CT molecular complexity index is 106. The van der Waals surface area contributed by atoms with Crippen LogP contribution in [-0.4, -0.2) is 18.8 Å². The molecule has 0 aromatic carbocycles. The predicted octanol–water partition coefficient (Wildman–Crippen LogP) is 1.73. The molecule has 1 saturated heterocycles.